The minimum atomic E-state index is -1.05. The molecule has 1 atom stereocenters. The smallest absolute Gasteiger partial charge is 0.337 e. The highest BCUT2D eigenvalue weighted by Gasteiger charge is 2.09. The van der Waals surface area contributed by atoms with Crippen LogP contribution in [0.3, 0.4) is 0 Å². The molecule has 1 aromatic carbocycles. The van der Waals surface area contributed by atoms with Gasteiger partial charge in [-0.3, -0.25) is 0 Å². The van der Waals surface area contributed by atoms with E-state index in [0.717, 1.165) is 0 Å². The zero-order valence-corrected chi connectivity index (χ0v) is 9.27. The Morgan fingerprint density at radius 2 is 2.25 bits per heavy atom. The van der Waals surface area contributed by atoms with Crippen molar-refractivity contribution in [2.75, 3.05) is 19.5 Å². The van der Waals surface area contributed by atoms with Crippen LogP contribution in [-0.4, -0.2) is 30.9 Å². The predicted octanol–water partition coefficient (Wildman–Crippen LogP) is 1.38. The fourth-order valence-corrected chi connectivity index (χ4v) is 1.11. The van der Waals surface area contributed by atoms with Crippen LogP contribution in [0.5, 0.6) is 5.75 Å². The summed E-state index contributed by atoms with van der Waals surface area (Å²) in [6.45, 7) is 2.26. The van der Waals surface area contributed by atoms with E-state index in [0.29, 0.717) is 12.4 Å². The molecule has 5 nitrogen and oxygen atoms in total. The first-order valence-corrected chi connectivity index (χ1v) is 4.83. The quantitative estimate of drug-likeness (QED) is 0.740. The Balaban J connectivity index is 2.70. The molecule has 0 fully saturated rings. The van der Waals surface area contributed by atoms with Crippen molar-refractivity contribution < 1.29 is 19.4 Å². The number of ether oxygens (including phenoxy) is 2. The first kappa shape index (κ1) is 12.3. The van der Waals surface area contributed by atoms with Crippen molar-refractivity contribution in [2.24, 2.45) is 0 Å². The number of aromatic carboxylic acids is 1. The SMILES string of the molecule is COC(C)COc1ccc(C(=O)O)c(N)c1. The van der Waals surface area contributed by atoms with E-state index in [1.165, 1.54) is 12.1 Å². The van der Waals surface area contributed by atoms with Crippen LogP contribution in [0.2, 0.25) is 0 Å². The van der Waals surface area contributed by atoms with Crippen molar-refractivity contribution in [2.45, 2.75) is 13.0 Å². The van der Waals surface area contributed by atoms with Crippen LogP contribution in [0, 0.1) is 0 Å². The molecule has 0 amide bonds. The number of benzene rings is 1. The molecule has 0 saturated heterocycles. The first-order chi connectivity index (χ1) is 7.54. The van der Waals surface area contributed by atoms with E-state index in [2.05, 4.69) is 0 Å². The molecule has 0 bridgehead atoms. The van der Waals surface area contributed by atoms with E-state index in [1.54, 1.807) is 13.2 Å². The van der Waals surface area contributed by atoms with Crippen molar-refractivity contribution >= 4 is 11.7 Å². The minimum absolute atomic E-state index is 0.0274. The maximum absolute atomic E-state index is 10.7. The molecule has 5 heteroatoms. The van der Waals surface area contributed by atoms with E-state index in [1.807, 2.05) is 6.92 Å². The molecule has 0 aliphatic rings. The van der Waals surface area contributed by atoms with Gasteiger partial charge in [0.2, 0.25) is 0 Å². The molecule has 0 radical (unpaired) electrons. The average Bonchev–Trinajstić information content (AvgIpc) is 2.25. The Morgan fingerprint density at radius 1 is 1.56 bits per heavy atom. The molecule has 0 saturated carbocycles. The number of carbonyl (C=O) groups is 1. The van der Waals surface area contributed by atoms with Gasteiger partial charge in [0.15, 0.2) is 0 Å². The number of anilines is 1. The summed E-state index contributed by atoms with van der Waals surface area (Å²) in [5.74, 6) is -0.513. The molecule has 1 unspecified atom stereocenters. The lowest BCUT2D eigenvalue weighted by molar-refractivity contribution is 0.0694. The number of hydrogen-bond acceptors (Lipinski definition) is 4. The fraction of sp³-hybridized carbons (Fsp3) is 0.364. The zero-order chi connectivity index (χ0) is 12.1. The largest absolute Gasteiger partial charge is 0.491 e. The summed E-state index contributed by atoms with van der Waals surface area (Å²) in [5, 5.41) is 8.77. The van der Waals surface area contributed by atoms with Gasteiger partial charge < -0.3 is 20.3 Å². The molecule has 16 heavy (non-hydrogen) atoms. The topological polar surface area (TPSA) is 81.8 Å². The second-order valence-corrected chi connectivity index (χ2v) is 3.41. The van der Waals surface area contributed by atoms with Crippen LogP contribution in [0.1, 0.15) is 17.3 Å². The van der Waals surface area contributed by atoms with E-state index >= 15 is 0 Å². The number of rotatable bonds is 5. The monoisotopic (exact) mass is 225 g/mol. The number of carboxylic acids is 1. The number of carboxylic acid groups (broad SMARTS) is 1. The summed E-state index contributed by atoms with van der Waals surface area (Å²) >= 11 is 0. The Morgan fingerprint density at radius 3 is 2.75 bits per heavy atom. The van der Waals surface area contributed by atoms with E-state index < -0.39 is 5.97 Å². The maximum atomic E-state index is 10.7. The van der Waals surface area contributed by atoms with Crippen molar-refractivity contribution in [1.29, 1.82) is 0 Å². The molecule has 0 aliphatic heterocycles. The third kappa shape index (κ3) is 3.13. The van der Waals surface area contributed by atoms with Crippen LogP contribution in [-0.2, 0) is 4.74 Å². The Kier molecular flexibility index (Phi) is 4.13. The highest BCUT2D eigenvalue weighted by atomic mass is 16.5. The molecule has 0 heterocycles. The van der Waals surface area contributed by atoms with Crippen molar-refractivity contribution in [3.05, 3.63) is 23.8 Å². The fourth-order valence-electron chi connectivity index (χ4n) is 1.11. The van der Waals surface area contributed by atoms with Crippen LogP contribution in [0.25, 0.3) is 0 Å². The van der Waals surface area contributed by atoms with Crippen molar-refractivity contribution in [1.82, 2.24) is 0 Å². The van der Waals surface area contributed by atoms with Gasteiger partial charge >= 0.3 is 5.97 Å². The van der Waals surface area contributed by atoms with E-state index in [-0.39, 0.29) is 17.4 Å². The van der Waals surface area contributed by atoms with Crippen LogP contribution < -0.4 is 10.5 Å². The lowest BCUT2D eigenvalue weighted by atomic mass is 10.2. The summed E-state index contributed by atoms with van der Waals surface area (Å²) in [7, 11) is 1.59. The van der Waals surface area contributed by atoms with Crippen LogP contribution >= 0.6 is 0 Å². The predicted molar refractivity (Wildman–Crippen MR) is 59.8 cm³/mol. The third-order valence-electron chi connectivity index (χ3n) is 2.14. The third-order valence-corrected chi connectivity index (χ3v) is 2.14. The van der Waals surface area contributed by atoms with Crippen LogP contribution in [0.15, 0.2) is 18.2 Å². The second-order valence-electron chi connectivity index (χ2n) is 3.41. The van der Waals surface area contributed by atoms with Gasteiger partial charge in [0, 0.05) is 18.9 Å². The summed E-state index contributed by atoms with van der Waals surface area (Å²) in [4.78, 5) is 10.7. The molecule has 3 N–H and O–H groups in total. The molecule has 88 valence electrons. The first-order valence-electron chi connectivity index (χ1n) is 4.83. The molecule has 0 spiro atoms. The van der Waals surface area contributed by atoms with Crippen molar-refractivity contribution in [3.63, 3.8) is 0 Å². The van der Waals surface area contributed by atoms with Crippen LogP contribution in [0.4, 0.5) is 5.69 Å². The lowest BCUT2D eigenvalue weighted by Crippen LogP contribution is -2.16. The van der Waals surface area contributed by atoms with Gasteiger partial charge in [0.05, 0.1) is 11.7 Å². The Bertz CT molecular complexity index is 378. The zero-order valence-electron chi connectivity index (χ0n) is 9.27. The standard InChI is InChI=1S/C11H15NO4/c1-7(15-2)6-16-8-3-4-9(11(13)14)10(12)5-8/h3-5,7H,6,12H2,1-2H3,(H,13,14). The van der Waals surface area contributed by atoms with Gasteiger partial charge in [-0.1, -0.05) is 0 Å². The summed E-state index contributed by atoms with van der Waals surface area (Å²) < 4.78 is 10.4. The maximum Gasteiger partial charge on any atom is 0.337 e. The molecule has 1 rings (SSSR count). The summed E-state index contributed by atoms with van der Waals surface area (Å²) in [5.41, 5.74) is 5.84. The molecular formula is C11H15NO4. The molecule has 0 aliphatic carbocycles. The number of nitrogens with two attached hydrogens (primary N) is 1. The molecule has 0 aromatic heterocycles. The van der Waals surface area contributed by atoms with Gasteiger partial charge in [-0.05, 0) is 19.1 Å². The highest BCUT2D eigenvalue weighted by Crippen LogP contribution is 2.20. The summed E-state index contributed by atoms with van der Waals surface area (Å²) in [6.07, 6.45) is -0.0274. The van der Waals surface area contributed by atoms with Gasteiger partial charge in [0.1, 0.15) is 12.4 Å². The minimum Gasteiger partial charge on any atom is -0.491 e. The number of nitrogen functional groups attached to an aromatic ring is 1. The van der Waals surface area contributed by atoms with E-state index in [9.17, 15) is 4.79 Å². The number of methoxy groups -OCH3 is 1. The second kappa shape index (κ2) is 5.37. The van der Waals surface area contributed by atoms with Gasteiger partial charge in [-0.25, -0.2) is 4.79 Å². The van der Waals surface area contributed by atoms with Gasteiger partial charge in [-0.2, -0.15) is 0 Å². The highest BCUT2D eigenvalue weighted by molar-refractivity contribution is 5.93. The average molecular weight is 225 g/mol. The molecular weight excluding hydrogens is 210 g/mol. The normalized spacial score (nSPS) is 12.1. The Labute approximate surface area is 93.8 Å². The molecule has 1 aromatic rings. The van der Waals surface area contributed by atoms with E-state index in [4.69, 9.17) is 20.3 Å². The summed E-state index contributed by atoms with van der Waals surface area (Å²) in [6, 6.07) is 4.48. The van der Waals surface area contributed by atoms with Gasteiger partial charge in [-0.15, -0.1) is 0 Å². The number of hydrogen-bond donors (Lipinski definition) is 2. The van der Waals surface area contributed by atoms with Crippen molar-refractivity contribution in [3.8, 4) is 5.75 Å². The lowest BCUT2D eigenvalue weighted by Gasteiger charge is -2.12. The Hall–Kier alpha value is -1.75. The van der Waals surface area contributed by atoms with Gasteiger partial charge in [0.25, 0.3) is 0 Å².